The molecule has 3 atom stereocenters. The molecule has 16 heavy (non-hydrogen) atoms. The summed E-state index contributed by atoms with van der Waals surface area (Å²) in [6, 6.07) is 3.11. The predicted molar refractivity (Wildman–Crippen MR) is 69.5 cm³/mol. The Hall–Kier alpha value is -0.200. The van der Waals surface area contributed by atoms with Crippen LogP contribution in [0.4, 0.5) is 0 Å². The molecule has 2 nitrogen and oxygen atoms in total. The van der Waals surface area contributed by atoms with Crippen molar-refractivity contribution in [2.45, 2.75) is 50.3 Å². The minimum Gasteiger partial charge on any atom is -0.297 e. The molecule has 0 N–H and O–H groups in total. The molecular formula is C13H22N2S. The van der Waals surface area contributed by atoms with E-state index in [1.54, 1.807) is 0 Å². The highest BCUT2D eigenvalue weighted by molar-refractivity contribution is 7.99. The van der Waals surface area contributed by atoms with Crippen LogP contribution in [0.2, 0.25) is 0 Å². The van der Waals surface area contributed by atoms with Gasteiger partial charge in [0.25, 0.3) is 0 Å². The Morgan fingerprint density at radius 2 is 2.06 bits per heavy atom. The summed E-state index contributed by atoms with van der Waals surface area (Å²) in [5.74, 6) is 1.54. The van der Waals surface area contributed by atoms with E-state index in [1.807, 2.05) is 0 Å². The molecule has 3 heteroatoms. The van der Waals surface area contributed by atoms with Crippen LogP contribution in [-0.2, 0) is 0 Å². The summed E-state index contributed by atoms with van der Waals surface area (Å²) in [6.07, 6.45) is 6.27. The Kier molecular flexibility index (Phi) is 4.55. The van der Waals surface area contributed by atoms with Crippen LogP contribution in [0.1, 0.15) is 39.0 Å². The second kappa shape index (κ2) is 5.93. The molecule has 0 bridgehead atoms. The maximum absolute atomic E-state index is 9.30. The molecule has 0 aromatic carbocycles. The Bertz CT molecular complexity index is 261. The average molecular weight is 238 g/mol. The van der Waals surface area contributed by atoms with Crippen molar-refractivity contribution < 1.29 is 0 Å². The van der Waals surface area contributed by atoms with Crippen molar-refractivity contribution in [3.8, 4) is 6.07 Å². The Morgan fingerprint density at radius 3 is 2.81 bits per heavy atom. The zero-order valence-corrected chi connectivity index (χ0v) is 11.0. The first-order valence-electron chi connectivity index (χ1n) is 6.56. The maximum atomic E-state index is 9.30. The number of thioether (sulfide) groups is 1. The average Bonchev–Trinajstić information content (AvgIpc) is 2.53. The molecule has 1 saturated carbocycles. The molecule has 2 fully saturated rings. The van der Waals surface area contributed by atoms with E-state index in [-0.39, 0.29) is 5.92 Å². The zero-order valence-electron chi connectivity index (χ0n) is 10.2. The van der Waals surface area contributed by atoms with Crippen molar-refractivity contribution in [1.82, 2.24) is 4.90 Å². The van der Waals surface area contributed by atoms with Gasteiger partial charge in [-0.2, -0.15) is 17.0 Å². The van der Waals surface area contributed by atoms with E-state index in [0.29, 0.717) is 6.04 Å². The standard InChI is InChI=1S/C13H22N2S/c1-11-10-15(7-8-16-11)13-6-4-2-3-5-12(13)9-14/h11-13H,2-8,10H2,1H3. The van der Waals surface area contributed by atoms with Crippen LogP contribution in [0.5, 0.6) is 0 Å². The SMILES string of the molecule is CC1CN(C2CCCCCC2C#N)CCS1. The first kappa shape index (κ1) is 12.3. The van der Waals surface area contributed by atoms with E-state index in [4.69, 9.17) is 0 Å². The van der Waals surface area contributed by atoms with Crippen molar-refractivity contribution >= 4 is 11.8 Å². The third-order valence-corrected chi connectivity index (χ3v) is 5.02. The Labute approximate surface area is 103 Å². The highest BCUT2D eigenvalue weighted by atomic mass is 32.2. The first-order valence-corrected chi connectivity index (χ1v) is 7.61. The predicted octanol–water partition coefficient (Wildman–Crippen LogP) is 2.90. The molecule has 1 aliphatic carbocycles. The molecule has 90 valence electrons. The minimum absolute atomic E-state index is 0.290. The molecule has 0 aromatic heterocycles. The van der Waals surface area contributed by atoms with Gasteiger partial charge in [-0.05, 0) is 12.8 Å². The molecule has 0 radical (unpaired) electrons. The van der Waals surface area contributed by atoms with Gasteiger partial charge in [0.2, 0.25) is 0 Å². The van der Waals surface area contributed by atoms with Crippen molar-refractivity contribution in [3.05, 3.63) is 0 Å². The molecule has 3 unspecified atom stereocenters. The van der Waals surface area contributed by atoms with E-state index in [0.717, 1.165) is 11.7 Å². The number of nitrogens with zero attached hydrogens (tertiary/aromatic N) is 2. The van der Waals surface area contributed by atoms with Gasteiger partial charge in [-0.25, -0.2) is 0 Å². The third kappa shape index (κ3) is 2.93. The number of hydrogen-bond acceptors (Lipinski definition) is 3. The second-order valence-electron chi connectivity index (χ2n) is 5.12. The van der Waals surface area contributed by atoms with Gasteiger partial charge in [0, 0.05) is 30.1 Å². The summed E-state index contributed by atoms with van der Waals surface area (Å²) in [6.45, 7) is 4.69. The fourth-order valence-corrected chi connectivity index (χ4v) is 4.06. The highest BCUT2D eigenvalue weighted by Gasteiger charge is 2.31. The third-order valence-electron chi connectivity index (χ3n) is 3.89. The summed E-state index contributed by atoms with van der Waals surface area (Å²) in [7, 11) is 0. The van der Waals surface area contributed by atoms with E-state index >= 15 is 0 Å². The van der Waals surface area contributed by atoms with Crippen LogP contribution < -0.4 is 0 Å². The van der Waals surface area contributed by atoms with Gasteiger partial charge in [-0.15, -0.1) is 0 Å². The van der Waals surface area contributed by atoms with Crippen LogP contribution in [-0.4, -0.2) is 35.0 Å². The summed E-state index contributed by atoms with van der Waals surface area (Å²) >= 11 is 2.08. The fraction of sp³-hybridized carbons (Fsp3) is 0.923. The molecule has 2 aliphatic rings. The zero-order chi connectivity index (χ0) is 11.4. The lowest BCUT2D eigenvalue weighted by atomic mass is 9.94. The van der Waals surface area contributed by atoms with E-state index in [9.17, 15) is 5.26 Å². The highest BCUT2D eigenvalue weighted by Crippen LogP contribution is 2.30. The first-order chi connectivity index (χ1) is 7.81. The van der Waals surface area contributed by atoms with Gasteiger partial charge < -0.3 is 0 Å². The summed E-state index contributed by atoms with van der Waals surface area (Å²) in [5.41, 5.74) is 0. The lowest BCUT2D eigenvalue weighted by Gasteiger charge is -2.38. The van der Waals surface area contributed by atoms with E-state index in [1.165, 1.54) is 44.5 Å². The second-order valence-corrected chi connectivity index (χ2v) is 6.66. The number of hydrogen-bond donors (Lipinski definition) is 0. The van der Waals surface area contributed by atoms with Gasteiger partial charge in [0.05, 0.1) is 12.0 Å². The molecule has 1 aliphatic heterocycles. The van der Waals surface area contributed by atoms with E-state index < -0.39 is 0 Å². The molecule has 0 amide bonds. The number of nitriles is 1. The maximum Gasteiger partial charge on any atom is 0.0672 e. The van der Waals surface area contributed by atoms with Crippen LogP contribution in [0.25, 0.3) is 0 Å². The molecule has 1 heterocycles. The van der Waals surface area contributed by atoms with Crippen molar-refractivity contribution in [1.29, 1.82) is 5.26 Å². The topological polar surface area (TPSA) is 27.0 Å². The molecule has 1 saturated heterocycles. The molecule has 2 rings (SSSR count). The van der Waals surface area contributed by atoms with Crippen molar-refractivity contribution in [3.63, 3.8) is 0 Å². The monoisotopic (exact) mass is 238 g/mol. The van der Waals surface area contributed by atoms with Gasteiger partial charge in [0.15, 0.2) is 0 Å². The summed E-state index contributed by atoms with van der Waals surface area (Å²) in [5, 5.41) is 10.0. The quantitative estimate of drug-likeness (QED) is 0.657. The van der Waals surface area contributed by atoms with Gasteiger partial charge >= 0.3 is 0 Å². The van der Waals surface area contributed by atoms with Gasteiger partial charge in [0.1, 0.15) is 0 Å². The minimum atomic E-state index is 0.290. The number of rotatable bonds is 1. The largest absolute Gasteiger partial charge is 0.297 e. The van der Waals surface area contributed by atoms with Gasteiger partial charge in [-0.1, -0.05) is 26.2 Å². The van der Waals surface area contributed by atoms with Crippen LogP contribution >= 0.6 is 11.8 Å². The van der Waals surface area contributed by atoms with Gasteiger partial charge in [-0.3, -0.25) is 4.90 Å². The lowest BCUT2D eigenvalue weighted by molar-refractivity contribution is 0.160. The smallest absolute Gasteiger partial charge is 0.0672 e. The Balaban J connectivity index is 2.01. The molecule has 0 spiro atoms. The Morgan fingerprint density at radius 1 is 1.25 bits per heavy atom. The van der Waals surface area contributed by atoms with Crippen LogP contribution in [0, 0.1) is 17.2 Å². The van der Waals surface area contributed by atoms with Crippen LogP contribution in [0.15, 0.2) is 0 Å². The normalized spacial score (nSPS) is 37.6. The summed E-state index contributed by atoms with van der Waals surface area (Å²) in [4.78, 5) is 2.60. The van der Waals surface area contributed by atoms with E-state index in [2.05, 4.69) is 29.7 Å². The van der Waals surface area contributed by atoms with Crippen LogP contribution in [0.3, 0.4) is 0 Å². The fourth-order valence-electron chi connectivity index (χ4n) is 3.02. The lowest BCUT2D eigenvalue weighted by Crippen LogP contribution is -2.46. The van der Waals surface area contributed by atoms with Crippen molar-refractivity contribution in [2.75, 3.05) is 18.8 Å². The molecule has 0 aromatic rings. The summed E-state index contributed by atoms with van der Waals surface area (Å²) < 4.78 is 0. The van der Waals surface area contributed by atoms with Crippen molar-refractivity contribution in [2.24, 2.45) is 5.92 Å². The molecular weight excluding hydrogens is 216 g/mol.